The van der Waals surface area contributed by atoms with E-state index in [0.29, 0.717) is 5.11 Å². The molecule has 6 heteroatoms. The van der Waals surface area contributed by atoms with E-state index in [-0.39, 0.29) is 11.7 Å². The van der Waals surface area contributed by atoms with Crippen LogP contribution in [0.4, 0.5) is 11.4 Å². The zero-order valence-corrected chi connectivity index (χ0v) is 12.4. The lowest BCUT2D eigenvalue weighted by atomic mass is 10.1. The zero-order valence-electron chi connectivity index (χ0n) is 11.5. The quantitative estimate of drug-likeness (QED) is 0.514. The molecule has 2 atom stereocenters. The van der Waals surface area contributed by atoms with E-state index < -0.39 is 5.23 Å². The Morgan fingerprint density at radius 1 is 1.14 bits per heavy atom. The Labute approximate surface area is 128 Å². The molecule has 2 rings (SSSR count). The molecule has 0 fully saturated rings. The van der Waals surface area contributed by atoms with Gasteiger partial charge in [0, 0.05) is 17.8 Å². The van der Waals surface area contributed by atoms with Gasteiger partial charge >= 0.3 is 0 Å². The highest BCUT2D eigenvalue weighted by Crippen LogP contribution is 2.13. The number of thiocarbonyl (C=S) groups is 1. The topological polar surface area (TPSA) is 71.8 Å². The van der Waals surface area contributed by atoms with E-state index in [2.05, 4.69) is 10.6 Å². The lowest BCUT2D eigenvalue weighted by Gasteiger charge is -2.17. The average molecular weight is 303 g/mol. The summed E-state index contributed by atoms with van der Waals surface area (Å²) in [6, 6.07) is 16.5. The highest BCUT2D eigenvalue weighted by atomic mass is 32.1. The summed E-state index contributed by atoms with van der Waals surface area (Å²) in [6.07, 6.45) is 0. The Balaban J connectivity index is 1.92. The van der Waals surface area contributed by atoms with Crippen LogP contribution >= 0.6 is 12.2 Å². The molecule has 21 heavy (non-hydrogen) atoms. The fourth-order valence-electron chi connectivity index (χ4n) is 1.89. The van der Waals surface area contributed by atoms with Gasteiger partial charge in [-0.1, -0.05) is 30.3 Å². The van der Waals surface area contributed by atoms with Gasteiger partial charge in [0.1, 0.15) is 0 Å². The molecule has 2 unspecified atom stereocenters. The van der Waals surface area contributed by atoms with Crippen molar-refractivity contribution < 1.29 is 10.4 Å². The largest absolute Gasteiger partial charge is 0.595 e. The Morgan fingerprint density at radius 3 is 2.33 bits per heavy atom. The molecule has 0 aliphatic heterocycles. The van der Waals surface area contributed by atoms with Crippen molar-refractivity contribution in [3.8, 4) is 0 Å². The van der Waals surface area contributed by atoms with Gasteiger partial charge in [-0.25, -0.2) is 5.21 Å². The number of hydrogen-bond donors (Lipinski definition) is 4. The first kappa shape index (κ1) is 15.4. The second-order valence-corrected chi connectivity index (χ2v) is 5.02. The summed E-state index contributed by atoms with van der Waals surface area (Å²) < 4.78 is 0. The fraction of sp³-hybridized carbons (Fsp3) is 0.133. The van der Waals surface area contributed by atoms with Crippen LogP contribution in [0, 0.1) is 5.21 Å². The van der Waals surface area contributed by atoms with Crippen LogP contribution in [-0.4, -0.2) is 10.3 Å². The SMILES string of the molecule is CC(NC(=S)Nc1ccc([NH+]([O-])O)cc1)c1ccccc1. The van der Waals surface area contributed by atoms with Crippen molar-refractivity contribution >= 4 is 28.7 Å². The van der Waals surface area contributed by atoms with Gasteiger partial charge in [-0.2, -0.15) is 5.23 Å². The van der Waals surface area contributed by atoms with Crippen LogP contribution in [0.2, 0.25) is 0 Å². The highest BCUT2D eigenvalue weighted by molar-refractivity contribution is 7.80. The van der Waals surface area contributed by atoms with Crippen molar-refractivity contribution in [2.45, 2.75) is 13.0 Å². The van der Waals surface area contributed by atoms with Crippen LogP contribution in [0.3, 0.4) is 0 Å². The molecule has 0 saturated heterocycles. The standard InChI is InChI=1S/C15H17N3O2S/c1-11(12-5-3-2-4-6-12)16-15(21)17-13-7-9-14(10-8-13)18(19)20/h2-11,18-19H,1H3,(H2,16,17,21). The molecular formula is C15H17N3O2S. The van der Waals surface area contributed by atoms with Gasteiger partial charge in [0.2, 0.25) is 0 Å². The maximum Gasteiger partial charge on any atom is 0.171 e. The van der Waals surface area contributed by atoms with Crippen molar-refractivity contribution in [3.05, 3.63) is 65.4 Å². The summed E-state index contributed by atoms with van der Waals surface area (Å²) in [5.74, 6) is 0. The summed E-state index contributed by atoms with van der Waals surface area (Å²) in [6.45, 7) is 2.02. The van der Waals surface area contributed by atoms with Crippen molar-refractivity contribution in [3.63, 3.8) is 0 Å². The van der Waals surface area contributed by atoms with Gasteiger partial charge in [-0.3, -0.25) is 0 Å². The number of quaternary nitrogens is 1. The van der Waals surface area contributed by atoms with Crippen molar-refractivity contribution in [2.75, 3.05) is 5.32 Å². The second kappa shape index (κ2) is 7.14. The molecule has 0 heterocycles. The van der Waals surface area contributed by atoms with Crippen LogP contribution in [0.15, 0.2) is 54.6 Å². The first-order valence-corrected chi connectivity index (χ1v) is 6.93. The number of rotatable bonds is 4. The molecule has 0 radical (unpaired) electrons. The molecule has 0 saturated carbocycles. The molecular weight excluding hydrogens is 286 g/mol. The van der Waals surface area contributed by atoms with E-state index in [0.717, 1.165) is 11.3 Å². The van der Waals surface area contributed by atoms with Gasteiger partial charge in [-0.15, -0.1) is 0 Å². The number of anilines is 1. The highest BCUT2D eigenvalue weighted by Gasteiger charge is 2.07. The predicted octanol–water partition coefficient (Wildman–Crippen LogP) is 2.14. The summed E-state index contributed by atoms with van der Waals surface area (Å²) in [5, 5.41) is 25.4. The third kappa shape index (κ3) is 4.51. The predicted molar refractivity (Wildman–Crippen MR) is 86.4 cm³/mol. The average Bonchev–Trinajstić information content (AvgIpc) is 2.48. The molecule has 0 bridgehead atoms. The zero-order chi connectivity index (χ0) is 15.2. The van der Waals surface area contributed by atoms with E-state index in [4.69, 9.17) is 17.4 Å². The maximum absolute atomic E-state index is 10.8. The molecule has 2 aromatic rings. The summed E-state index contributed by atoms with van der Waals surface area (Å²) in [4.78, 5) is 0. The number of benzene rings is 2. The molecule has 5 nitrogen and oxygen atoms in total. The van der Waals surface area contributed by atoms with Gasteiger partial charge in [0.15, 0.2) is 10.8 Å². The monoisotopic (exact) mass is 303 g/mol. The summed E-state index contributed by atoms with van der Waals surface area (Å²) in [5.41, 5.74) is 2.14. The number of nitrogens with one attached hydrogen (secondary N) is 3. The first-order valence-electron chi connectivity index (χ1n) is 6.52. The van der Waals surface area contributed by atoms with Gasteiger partial charge < -0.3 is 15.8 Å². The lowest BCUT2D eigenvalue weighted by Crippen LogP contribution is -2.99. The minimum Gasteiger partial charge on any atom is -0.595 e. The molecule has 110 valence electrons. The molecule has 0 amide bonds. The van der Waals surface area contributed by atoms with Crippen LogP contribution in [-0.2, 0) is 0 Å². The Morgan fingerprint density at radius 2 is 1.76 bits per heavy atom. The second-order valence-electron chi connectivity index (χ2n) is 4.61. The maximum atomic E-state index is 10.8. The fourth-order valence-corrected chi connectivity index (χ4v) is 2.18. The van der Waals surface area contributed by atoms with E-state index >= 15 is 0 Å². The molecule has 0 aliphatic rings. The third-order valence-electron chi connectivity index (χ3n) is 3.04. The van der Waals surface area contributed by atoms with Crippen LogP contribution < -0.4 is 15.9 Å². The molecule has 0 aliphatic carbocycles. The van der Waals surface area contributed by atoms with Crippen LogP contribution in [0.5, 0.6) is 0 Å². The minimum atomic E-state index is -0.944. The minimum absolute atomic E-state index is 0.0875. The van der Waals surface area contributed by atoms with Gasteiger partial charge in [-0.05, 0) is 36.8 Å². The summed E-state index contributed by atoms with van der Waals surface area (Å²) in [7, 11) is 0. The van der Waals surface area contributed by atoms with E-state index in [1.54, 1.807) is 12.1 Å². The van der Waals surface area contributed by atoms with Crippen molar-refractivity contribution in [1.29, 1.82) is 0 Å². The Kier molecular flexibility index (Phi) is 5.24. The molecule has 0 spiro atoms. The molecule has 2 aromatic carbocycles. The van der Waals surface area contributed by atoms with E-state index in [1.807, 2.05) is 37.3 Å². The van der Waals surface area contributed by atoms with Crippen LogP contribution in [0.25, 0.3) is 0 Å². The normalized spacial score (nSPS) is 13.3. The Hall–Kier alpha value is -1.99. The molecule has 4 N–H and O–H groups in total. The summed E-state index contributed by atoms with van der Waals surface area (Å²) >= 11 is 5.26. The van der Waals surface area contributed by atoms with Crippen LogP contribution in [0.1, 0.15) is 18.5 Å². The Bertz CT molecular complexity index is 588. The van der Waals surface area contributed by atoms with Crippen molar-refractivity contribution in [1.82, 2.24) is 5.32 Å². The molecule has 0 aromatic heterocycles. The van der Waals surface area contributed by atoms with Gasteiger partial charge in [0.25, 0.3) is 0 Å². The number of hydrogen-bond acceptors (Lipinski definition) is 3. The third-order valence-corrected chi connectivity index (χ3v) is 3.26. The van der Waals surface area contributed by atoms with E-state index in [9.17, 15) is 5.21 Å². The van der Waals surface area contributed by atoms with E-state index in [1.165, 1.54) is 12.1 Å². The van der Waals surface area contributed by atoms with Gasteiger partial charge in [0.05, 0.1) is 6.04 Å². The first-order chi connectivity index (χ1) is 10.1. The smallest absolute Gasteiger partial charge is 0.171 e. The van der Waals surface area contributed by atoms with Crippen molar-refractivity contribution in [2.24, 2.45) is 0 Å². The lowest BCUT2D eigenvalue weighted by molar-refractivity contribution is -0.991.